The molecule has 0 saturated carbocycles. The van der Waals surface area contributed by atoms with Gasteiger partial charge in [0.25, 0.3) is 11.8 Å². The van der Waals surface area contributed by atoms with Crippen LogP contribution in [0.3, 0.4) is 0 Å². The number of benzene rings is 3. The van der Waals surface area contributed by atoms with Crippen LogP contribution in [0.15, 0.2) is 90.6 Å². The van der Waals surface area contributed by atoms with Crippen LogP contribution in [0.25, 0.3) is 17.0 Å². The van der Waals surface area contributed by atoms with Crippen LogP contribution in [0.5, 0.6) is 0 Å². The summed E-state index contributed by atoms with van der Waals surface area (Å²) < 4.78 is 15.6. The summed E-state index contributed by atoms with van der Waals surface area (Å²) in [5, 5.41) is 4.54. The number of hydrogen-bond acceptors (Lipinski definition) is 3. The zero-order chi connectivity index (χ0) is 23.7. The molecule has 5 rings (SSSR count). The summed E-state index contributed by atoms with van der Waals surface area (Å²) >= 11 is 0. The minimum absolute atomic E-state index is 0.0115. The minimum atomic E-state index is -0.521. The van der Waals surface area contributed by atoms with E-state index in [1.165, 1.54) is 23.2 Å². The molecule has 1 fully saturated rings. The van der Waals surface area contributed by atoms with E-state index in [2.05, 4.69) is 10.7 Å². The van der Waals surface area contributed by atoms with Gasteiger partial charge in [-0.05, 0) is 36.4 Å². The van der Waals surface area contributed by atoms with Gasteiger partial charge in [0.2, 0.25) is 5.91 Å². The predicted octanol–water partition coefficient (Wildman–Crippen LogP) is 3.88. The van der Waals surface area contributed by atoms with Crippen LogP contribution in [0.1, 0.15) is 5.56 Å². The Bertz CT molecular complexity index is 1460. The van der Waals surface area contributed by atoms with E-state index in [0.717, 1.165) is 10.9 Å². The number of hydrogen-bond donors (Lipinski definition) is 2. The lowest BCUT2D eigenvalue weighted by Gasteiger charge is -2.13. The third-order valence-electron chi connectivity index (χ3n) is 5.49. The van der Waals surface area contributed by atoms with Crippen LogP contribution in [-0.4, -0.2) is 22.3 Å². The Morgan fingerprint density at radius 1 is 0.941 bits per heavy atom. The maximum absolute atomic E-state index is 13.9. The van der Waals surface area contributed by atoms with Gasteiger partial charge in [0.1, 0.15) is 17.9 Å². The van der Waals surface area contributed by atoms with Gasteiger partial charge in [-0.15, -0.1) is 0 Å². The number of carbonyl (C=O) groups excluding carboxylic acids is 3. The molecular weight excluding hydrogens is 435 g/mol. The molecule has 3 aromatic carbocycles. The molecule has 1 aliphatic rings. The Hall–Kier alpha value is -4.72. The fourth-order valence-corrected chi connectivity index (χ4v) is 3.90. The van der Waals surface area contributed by atoms with E-state index in [0.29, 0.717) is 11.3 Å². The van der Waals surface area contributed by atoms with E-state index in [1.54, 1.807) is 47.2 Å². The number of amides is 3. The fraction of sp³-hybridized carbons (Fsp3) is 0.0385. The molecule has 3 amide bonds. The van der Waals surface area contributed by atoms with Crippen molar-refractivity contribution in [3.05, 3.63) is 102 Å². The van der Waals surface area contributed by atoms with Gasteiger partial charge in [-0.3, -0.25) is 19.8 Å². The number of rotatable bonds is 5. The van der Waals surface area contributed by atoms with Gasteiger partial charge in [-0.1, -0.05) is 48.5 Å². The van der Waals surface area contributed by atoms with Gasteiger partial charge in [0.05, 0.1) is 11.4 Å². The van der Waals surface area contributed by atoms with Gasteiger partial charge in [0.15, 0.2) is 0 Å². The number of fused-ring (bicyclic) bond motifs is 1. The zero-order valence-corrected chi connectivity index (χ0v) is 17.9. The number of halogens is 1. The summed E-state index contributed by atoms with van der Waals surface area (Å²) in [4.78, 5) is 38.1. The van der Waals surface area contributed by atoms with Crippen LogP contribution in [-0.2, 0) is 20.9 Å². The lowest BCUT2D eigenvalue weighted by Crippen LogP contribution is -2.35. The topological polar surface area (TPSA) is 83.4 Å². The third-order valence-corrected chi connectivity index (χ3v) is 5.49. The first-order valence-electron chi connectivity index (χ1n) is 10.6. The summed E-state index contributed by atoms with van der Waals surface area (Å²) in [6.45, 7) is -0.0751. The summed E-state index contributed by atoms with van der Waals surface area (Å²) in [6.07, 6.45) is 3.22. The summed E-state index contributed by atoms with van der Waals surface area (Å²) in [6, 6.07) is 22.1. The van der Waals surface area contributed by atoms with Gasteiger partial charge in [0, 0.05) is 22.7 Å². The molecule has 4 aromatic rings. The SMILES string of the molecule is O=C(Cn1cc(C=C2C(=O)NN(c3ccccc3)C2=O)c2ccccc21)Nc1ccccc1F. The second kappa shape index (κ2) is 8.67. The molecule has 8 heteroatoms. The number of nitrogens with one attached hydrogen (secondary N) is 2. The van der Waals surface area contributed by atoms with Crippen molar-refractivity contribution < 1.29 is 18.8 Å². The summed E-state index contributed by atoms with van der Waals surface area (Å²) in [5.41, 5.74) is 4.57. The highest BCUT2D eigenvalue weighted by Gasteiger charge is 2.34. The van der Waals surface area contributed by atoms with Crippen molar-refractivity contribution >= 4 is 46.1 Å². The van der Waals surface area contributed by atoms with Crippen molar-refractivity contribution in [3.8, 4) is 0 Å². The van der Waals surface area contributed by atoms with Crippen LogP contribution in [0.2, 0.25) is 0 Å². The number of aromatic nitrogens is 1. The van der Waals surface area contributed by atoms with Gasteiger partial charge < -0.3 is 9.88 Å². The van der Waals surface area contributed by atoms with Gasteiger partial charge >= 0.3 is 0 Å². The minimum Gasteiger partial charge on any atom is -0.337 e. The second-order valence-electron chi connectivity index (χ2n) is 7.73. The van der Waals surface area contributed by atoms with Crippen LogP contribution < -0.4 is 15.8 Å². The van der Waals surface area contributed by atoms with E-state index in [-0.39, 0.29) is 17.8 Å². The van der Waals surface area contributed by atoms with E-state index in [4.69, 9.17) is 0 Å². The van der Waals surface area contributed by atoms with Crippen molar-refractivity contribution in [1.82, 2.24) is 9.99 Å². The van der Waals surface area contributed by atoms with Crippen molar-refractivity contribution in [2.75, 3.05) is 10.3 Å². The second-order valence-corrected chi connectivity index (χ2v) is 7.73. The first-order valence-corrected chi connectivity index (χ1v) is 10.6. The maximum atomic E-state index is 13.9. The largest absolute Gasteiger partial charge is 0.337 e. The van der Waals surface area contributed by atoms with Crippen LogP contribution in [0.4, 0.5) is 15.8 Å². The van der Waals surface area contributed by atoms with Gasteiger partial charge in [-0.25, -0.2) is 9.40 Å². The Kier molecular flexibility index (Phi) is 5.39. The predicted molar refractivity (Wildman–Crippen MR) is 127 cm³/mol. The molecule has 1 saturated heterocycles. The van der Waals surface area contributed by atoms with E-state index >= 15 is 0 Å². The molecule has 0 spiro atoms. The average molecular weight is 454 g/mol. The molecule has 0 radical (unpaired) electrons. The number of nitrogens with zero attached hydrogens (tertiary/aromatic N) is 2. The Morgan fingerprint density at radius 2 is 1.65 bits per heavy atom. The highest BCUT2D eigenvalue weighted by molar-refractivity contribution is 6.32. The van der Waals surface area contributed by atoms with Crippen LogP contribution in [0, 0.1) is 5.82 Å². The lowest BCUT2D eigenvalue weighted by molar-refractivity contribution is -0.118. The Labute approximate surface area is 194 Å². The molecule has 2 N–H and O–H groups in total. The molecule has 0 unspecified atom stereocenters. The third kappa shape index (κ3) is 3.93. The van der Waals surface area contributed by atoms with E-state index in [9.17, 15) is 18.8 Å². The molecular formula is C26H19FN4O3. The van der Waals surface area contributed by atoms with Crippen molar-refractivity contribution in [2.24, 2.45) is 0 Å². The lowest BCUT2D eigenvalue weighted by atomic mass is 10.1. The number of hydrazine groups is 1. The molecule has 0 atom stereocenters. The van der Waals surface area contributed by atoms with E-state index < -0.39 is 23.5 Å². The molecule has 1 aliphatic heterocycles. The molecule has 34 heavy (non-hydrogen) atoms. The average Bonchev–Trinajstić information content (AvgIpc) is 3.33. The normalized spacial score (nSPS) is 14.6. The smallest absolute Gasteiger partial charge is 0.282 e. The number of carbonyl (C=O) groups is 3. The first-order chi connectivity index (χ1) is 16.5. The quantitative estimate of drug-likeness (QED) is 0.355. The monoisotopic (exact) mass is 454 g/mol. The van der Waals surface area contributed by atoms with Gasteiger partial charge in [-0.2, -0.15) is 0 Å². The molecule has 7 nitrogen and oxygen atoms in total. The maximum Gasteiger partial charge on any atom is 0.282 e. The zero-order valence-electron chi connectivity index (χ0n) is 17.9. The number of para-hydroxylation sites is 3. The van der Waals surface area contributed by atoms with Crippen molar-refractivity contribution in [3.63, 3.8) is 0 Å². The highest BCUT2D eigenvalue weighted by Crippen LogP contribution is 2.27. The highest BCUT2D eigenvalue weighted by atomic mass is 19.1. The number of anilines is 2. The van der Waals surface area contributed by atoms with Crippen molar-refractivity contribution in [1.29, 1.82) is 0 Å². The summed E-state index contributed by atoms with van der Waals surface area (Å²) in [7, 11) is 0. The first kappa shape index (κ1) is 21.1. The molecule has 0 bridgehead atoms. The fourth-order valence-electron chi connectivity index (χ4n) is 3.90. The summed E-state index contributed by atoms with van der Waals surface area (Å²) in [5.74, 6) is -1.91. The standard InChI is InChI=1S/C26H19FN4O3/c27-21-11-5-6-12-22(21)28-24(32)16-30-15-17(19-10-4-7-13-23(19)30)14-20-25(33)29-31(26(20)34)18-8-2-1-3-9-18/h1-15H,16H2,(H,28,32)(H,29,33). The van der Waals surface area contributed by atoms with E-state index in [1.807, 2.05) is 30.3 Å². The van der Waals surface area contributed by atoms with Crippen molar-refractivity contribution in [2.45, 2.75) is 6.54 Å². The van der Waals surface area contributed by atoms with Crippen LogP contribution >= 0.6 is 0 Å². The molecule has 1 aromatic heterocycles. The Morgan fingerprint density at radius 3 is 2.44 bits per heavy atom. The molecule has 2 heterocycles. The Balaban J connectivity index is 1.45. The molecule has 168 valence electrons. The molecule has 0 aliphatic carbocycles.